The number of hydrogen-bond donors (Lipinski definition) is 2. The summed E-state index contributed by atoms with van der Waals surface area (Å²) in [6, 6.07) is 11.4. The second-order valence-corrected chi connectivity index (χ2v) is 7.38. The fourth-order valence-corrected chi connectivity index (χ4v) is 5.34. The Kier molecular flexibility index (Phi) is 3.31. The van der Waals surface area contributed by atoms with Crippen LogP contribution in [0.15, 0.2) is 30.3 Å². The normalized spacial score (nSPS) is 40.0. The van der Waals surface area contributed by atoms with Crippen molar-refractivity contribution in [2.45, 2.75) is 44.2 Å². The lowest BCUT2D eigenvalue weighted by atomic mass is 9.54. The Hall–Kier alpha value is -0.860. The highest BCUT2D eigenvalue weighted by molar-refractivity contribution is 5.18. The molecule has 0 aliphatic heterocycles. The van der Waals surface area contributed by atoms with E-state index in [1.165, 1.54) is 37.7 Å². The Balaban J connectivity index is 1.38. The third kappa shape index (κ3) is 2.29. The molecule has 2 heteroatoms. The SMILES string of the molecule is NC(CNC1C2CC3CC(C2)CC1C3)c1ccccc1. The summed E-state index contributed by atoms with van der Waals surface area (Å²) in [5.41, 5.74) is 7.59. The van der Waals surface area contributed by atoms with E-state index in [1.807, 2.05) is 0 Å². The van der Waals surface area contributed by atoms with Crippen LogP contribution in [0.25, 0.3) is 0 Å². The largest absolute Gasteiger partial charge is 0.323 e. The highest BCUT2D eigenvalue weighted by Gasteiger charge is 2.47. The van der Waals surface area contributed by atoms with Gasteiger partial charge < -0.3 is 11.1 Å². The van der Waals surface area contributed by atoms with Gasteiger partial charge in [0.1, 0.15) is 0 Å². The lowest BCUT2D eigenvalue weighted by Gasteiger charge is -2.54. The molecular weight excluding hydrogens is 244 g/mol. The first-order chi connectivity index (χ1) is 9.79. The summed E-state index contributed by atoms with van der Waals surface area (Å²) in [4.78, 5) is 0. The van der Waals surface area contributed by atoms with E-state index in [-0.39, 0.29) is 6.04 Å². The zero-order valence-electron chi connectivity index (χ0n) is 12.2. The van der Waals surface area contributed by atoms with E-state index in [9.17, 15) is 0 Å². The van der Waals surface area contributed by atoms with Crippen LogP contribution < -0.4 is 11.1 Å². The molecule has 0 heterocycles. The Labute approximate surface area is 122 Å². The van der Waals surface area contributed by atoms with Gasteiger partial charge in [-0.3, -0.25) is 0 Å². The van der Waals surface area contributed by atoms with Crippen LogP contribution in [0.2, 0.25) is 0 Å². The summed E-state index contributed by atoms with van der Waals surface area (Å²) in [6.45, 7) is 0.928. The van der Waals surface area contributed by atoms with Crippen LogP contribution in [0.5, 0.6) is 0 Å². The van der Waals surface area contributed by atoms with Gasteiger partial charge in [0.25, 0.3) is 0 Å². The second kappa shape index (κ2) is 5.16. The molecule has 20 heavy (non-hydrogen) atoms. The second-order valence-electron chi connectivity index (χ2n) is 7.38. The standard InChI is InChI=1S/C18H26N2/c19-17(14-4-2-1-3-5-14)11-20-18-15-7-12-6-13(9-15)10-16(18)8-12/h1-5,12-13,15-18,20H,6-11,19H2. The van der Waals surface area contributed by atoms with Crippen molar-refractivity contribution in [2.24, 2.45) is 29.4 Å². The van der Waals surface area contributed by atoms with Crippen molar-refractivity contribution >= 4 is 0 Å². The molecule has 108 valence electrons. The van der Waals surface area contributed by atoms with Gasteiger partial charge in [-0.1, -0.05) is 30.3 Å². The number of nitrogens with two attached hydrogens (primary N) is 1. The van der Waals surface area contributed by atoms with Crippen molar-refractivity contribution in [3.63, 3.8) is 0 Å². The molecule has 4 fully saturated rings. The van der Waals surface area contributed by atoms with E-state index >= 15 is 0 Å². The minimum atomic E-state index is 0.133. The van der Waals surface area contributed by atoms with Crippen LogP contribution in [0.4, 0.5) is 0 Å². The van der Waals surface area contributed by atoms with Gasteiger partial charge >= 0.3 is 0 Å². The monoisotopic (exact) mass is 270 g/mol. The molecule has 4 saturated carbocycles. The zero-order valence-corrected chi connectivity index (χ0v) is 12.2. The maximum Gasteiger partial charge on any atom is 0.0421 e. The molecule has 3 N–H and O–H groups in total. The van der Waals surface area contributed by atoms with E-state index < -0.39 is 0 Å². The van der Waals surface area contributed by atoms with Gasteiger partial charge in [-0.25, -0.2) is 0 Å². The van der Waals surface area contributed by atoms with Gasteiger partial charge in [-0.2, -0.15) is 0 Å². The van der Waals surface area contributed by atoms with E-state index in [2.05, 4.69) is 35.6 Å². The summed E-state index contributed by atoms with van der Waals surface area (Å²) >= 11 is 0. The van der Waals surface area contributed by atoms with Gasteiger partial charge in [0, 0.05) is 18.6 Å². The predicted octanol–water partition coefficient (Wildman–Crippen LogP) is 3.10. The molecule has 4 bridgehead atoms. The molecule has 1 atom stereocenters. The predicted molar refractivity (Wildman–Crippen MR) is 82.2 cm³/mol. The number of rotatable bonds is 4. The molecule has 1 aromatic carbocycles. The van der Waals surface area contributed by atoms with Crippen molar-refractivity contribution in [2.75, 3.05) is 6.54 Å². The molecule has 2 nitrogen and oxygen atoms in total. The van der Waals surface area contributed by atoms with Crippen molar-refractivity contribution in [1.29, 1.82) is 0 Å². The fourth-order valence-electron chi connectivity index (χ4n) is 5.34. The van der Waals surface area contributed by atoms with Gasteiger partial charge in [0.05, 0.1) is 0 Å². The summed E-state index contributed by atoms with van der Waals surface area (Å²) < 4.78 is 0. The molecule has 4 aliphatic carbocycles. The average Bonchev–Trinajstić information content (AvgIpc) is 2.46. The fraction of sp³-hybridized carbons (Fsp3) is 0.667. The summed E-state index contributed by atoms with van der Waals surface area (Å²) in [5, 5.41) is 3.84. The van der Waals surface area contributed by atoms with Crippen LogP contribution in [0, 0.1) is 23.7 Å². The first kappa shape index (κ1) is 12.8. The molecule has 0 amide bonds. The highest BCUT2D eigenvalue weighted by Crippen LogP contribution is 2.53. The molecule has 0 spiro atoms. The summed E-state index contributed by atoms with van der Waals surface area (Å²) in [7, 11) is 0. The highest BCUT2D eigenvalue weighted by atomic mass is 15.0. The molecule has 0 radical (unpaired) electrons. The minimum absolute atomic E-state index is 0.133. The lowest BCUT2D eigenvalue weighted by molar-refractivity contribution is -0.0139. The molecular formula is C18H26N2. The molecule has 1 unspecified atom stereocenters. The molecule has 0 aromatic heterocycles. The first-order valence-electron chi connectivity index (χ1n) is 8.33. The van der Waals surface area contributed by atoms with Crippen LogP contribution in [-0.4, -0.2) is 12.6 Å². The third-order valence-corrected chi connectivity index (χ3v) is 6.03. The zero-order chi connectivity index (χ0) is 13.5. The Morgan fingerprint density at radius 1 is 0.950 bits per heavy atom. The quantitative estimate of drug-likeness (QED) is 0.882. The Bertz CT molecular complexity index is 428. The Morgan fingerprint density at radius 2 is 1.55 bits per heavy atom. The van der Waals surface area contributed by atoms with Crippen molar-refractivity contribution in [1.82, 2.24) is 5.32 Å². The smallest absolute Gasteiger partial charge is 0.0421 e. The van der Waals surface area contributed by atoms with Crippen LogP contribution in [0.1, 0.15) is 43.7 Å². The van der Waals surface area contributed by atoms with Crippen LogP contribution in [-0.2, 0) is 0 Å². The van der Waals surface area contributed by atoms with Crippen LogP contribution in [0.3, 0.4) is 0 Å². The van der Waals surface area contributed by atoms with E-state index in [4.69, 9.17) is 5.73 Å². The molecule has 0 saturated heterocycles. The number of hydrogen-bond acceptors (Lipinski definition) is 2. The van der Waals surface area contributed by atoms with Crippen molar-refractivity contribution in [3.05, 3.63) is 35.9 Å². The number of nitrogens with one attached hydrogen (secondary N) is 1. The molecule has 4 aliphatic rings. The van der Waals surface area contributed by atoms with Gasteiger partial charge in [-0.05, 0) is 61.3 Å². The van der Waals surface area contributed by atoms with Gasteiger partial charge in [0.2, 0.25) is 0 Å². The van der Waals surface area contributed by atoms with Gasteiger partial charge in [0.15, 0.2) is 0 Å². The van der Waals surface area contributed by atoms with Gasteiger partial charge in [-0.15, -0.1) is 0 Å². The maximum atomic E-state index is 6.34. The third-order valence-electron chi connectivity index (χ3n) is 6.03. The van der Waals surface area contributed by atoms with E-state index in [0.29, 0.717) is 0 Å². The molecule has 1 aromatic rings. The summed E-state index contributed by atoms with van der Waals surface area (Å²) in [5.74, 6) is 3.99. The van der Waals surface area contributed by atoms with E-state index in [0.717, 1.165) is 36.3 Å². The maximum absolute atomic E-state index is 6.34. The first-order valence-corrected chi connectivity index (χ1v) is 8.33. The van der Waals surface area contributed by atoms with Crippen LogP contribution >= 0.6 is 0 Å². The minimum Gasteiger partial charge on any atom is -0.323 e. The lowest BCUT2D eigenvalue weighted by Crippen LogP contribution is -2.55. The topological polar surface area (TPSA) is 38.0 Å². The summed E-state index contributed by atoms with van der Waals surface area (Å²) in [6.07, 6.45) is 7.44. The van der Waals surface area contributed by atoms with E-state index in [1.54, 1.807) is 0 Å². The van der Waals surface area contributed by atoms with Crippen molar-refractivity contribution < 1.29 is 0 Å². The Morgan fingerprint density at radius 3 is 2.15 bits per heavy atom. The van der Waals surface area contributed by atoms with Crippen molar-refractivity contribution in [3.8, 4) is 0 Å². The average molecular weight is 270 g/mol. The molecule has 5 rings (SSSR count). The number of benzene rings is 1.